The average molecular weight is 315 g/mol. The van der Waals surface area contributed by atoms with Crippen LogP contribution in [0.2, 0.25) is 0 Å². The van der Waals surface area contributed by atoms with Crippen LogP contribution in [0.1, 0.15) is 38.2 Å². The minimum atomic E-state index is -0.251. The first-order chi connectivity index (χ1) is 9.43. The van der Waals surface area contributed by atoms with E-state index in [0.29, 0.717) is 13.0 Å². The van der Waals surface area contributed by atoms with Crippen LogP contribution in [0, 0.1) is 11.2 Å². The van der Waals surface area contributed by atoms with Crippen molar-refractivity contribution >= 4 is 18.3 Å². The van der Waals surface area contributed by atoms with Crippen LogP contribution >= 0.6 is 12.4 Å². The summed E-state index contributed by atoms with van der Waals surface area (Å²) in [6.07, 6.45) is 1.38. The van der Waals surface area contributed by atoms with Crippen LogP contribution < -0.4 is 5.73 Å². The third kappa shape index (κ3) is 4.42. The van der Waals surface area contributed by atoms with Crippen LogP contribution in [0.4, 0.5) is 4.39 Å². The third-order valence-electron chi connectivity index (χ3n) is 4.30. The van der Waals surface area contributed by atoms with Crippen molar-refractivity contribution in [1.29, 1.82) is 0 Å². The summed E-state index contributed by atoms with van der Waals surface area (Å²) in [6, 6.07) is 6.49. The largest absolute Gasteiger partial charge is 0.342 e. The number of carbonyl (C=O) groups is 1. The molecule has 0 radical (unpaired) electrons. The van der Waals surface area contributed by atoms with Gasteiger partial charge < -0.3 is 10.6 Å². The van der Waals surface area contributed by atoms with Gasteiger partial charge >= 0.3 is 0 Å². The molecule has 1 saturated heterocycles. The van der Waals surface area contributed by atoms with Gasteiger partial charge in [0.1, 0.15) is 5.82 Å². The van der Waals surface area contributed by atoms with Gasteiger partial charge in [-0.15, -0.1) is 12.4 Å². The minimum absolute atomic E-state index is 0. The Kier molecular flexibility index (Phi) is 6.17. The van der Waals surface area contributed by atoms with Gasteiger partial charge in [-0.3, -0.25) is 4.79 Å². The van der Waals surface area contributed by atoms with Crippen molar-refractivity contribution in [3.8, 4) is 0 Å². The van der Waals surface area contributed by atoms with E-state index in [0.717, 1.165) is 25.1 Å². The van der Waals surface area contributed by atoms with E-state index in [1.165, 1.54) is 12.1 Å². The zero-order valence-electron chi connectivity index (χ0n) is 12.6. The van der Waals surface area contributed by atoms with E-state index in [2.05, 4.69) is 6.92 Å². The Balaban J connectivity index is 0.00000220. The highest BCUT2D eigenvalue weighted by atomic mass is 35.5. The topological polar surface area (TPSA) is 46.3 Å². The summed E-state index contributed by atoms with van der Waals surface area (Å²) in [5.74, 6) is -0.0828. The Morgan fingerprint density at radius 2 is 2.24 bits per heavy atom. The molecule has 1 aromatic rings. The van der Waals surface area contributed by atoms with Gasteiger partial charge in [0.2, 0.25) is 5.91 Å². The SMILES string of the molecule is CC(CC(=O)N1CCC(C)(CN)C1)c1cccc(F)c1.Cl. The van der Waals surface area contributed by atoms with E-state index < -0.39 is 0 Å². The molecule has 1 aliphatic rings. The highest BCUT2D eigenvalue weighted by Crippen LogP contribution is 2.30. The maximum absolute atomic E-state index is 13.2. The first kappa shape index (κ1) is 17.9. The van der Waals surface area contributed by atoms with Crippen LogP contribution in [-0.2, 0) is 4.79 Å². The number of halogens is 2. The molecule has 1 aliphatic heterocycles. The number of nitrogens with two attached hydrogens (primary N) is 1. The molecule has 3 nitrogen and oxygen atoms in total. The summed E-state index contributed by atoms with van der Waals surface area (Å²) in [5.41, 5.74) is 6.69. The zero-order valence-corrected chi connectivity index (χ0v) is 13.5. The standard InChI is InChI=1S/C16H23FN2O.ClH/c1-12(13-4-3-5-14(17)9-13)8-15(20)19-7-6-16(2,10-18)11-19;/h3-5,9,12H,6-8,10-11,18H2,1-2H3;1H. The smallest absolute Gasteiger partial charge is 0.223 e. The molecule has 21 heavy (non-hydrogen) atoms. The number of hydrogen-bond donors (Lipinski definition) is 1. The molecule has 1 fully saturated rings. The number of benzene rings is 1. The molecular weight excluding hydrogens is 291 g/mol. The zero-order chi connectivity index (χ0) is 14.8. The second kappa shape index (κ2) is 7.23. The molecule has 0 spiro atoms. The average Bonchev–Trinajstić information content (AvgIpc) is 2.82. The Morgan fingerprint density at radius 3 is 2.81 bits per heavy atom. The second-order valence-corrected chi connectivity index (χ2v) is 6.24. The molecule has 1 amide bonds. The van der Waals surface area contributed by atoms with Crippen LogP contribution in [-0.4, -0.2) is 30.4 Å². The Morgan fingerprint density at radius 1 is 1.52 bits per heavy atom. The predicted octanol–water partition coefficient (Wildman–Crippen LogP) is 2.94. The van der Waals surface area contributed by atoms with Crippen molar-refractivity contribution in [2.45, 2.75) is 32.6 Å². The summed E-state index contributed by atoms with van der Waals surface area (Å²) < 4.78 is 13.2. The molecule has 118 valence electrons. The minimum Gasteiger partial charge on any atom is -0.342 e. The van der Waals surface area contributed by atoms with Gasteiger partial charge in [-0.1, -0.05) is 26.0 Å². The van der Waals surface area contributed by atoms with Gasteiger partial charge in [0.15, 0.2) is 0 Å². The number of rotatable bonds is 4. The van der Waals surface area contributed by atoms with E-state index in [1.807, 2.05) is 17.9 Å². The van der Waals surface area contributed by atoms with Gasteiger partial charge in [-0.05, 0) is 42.0 Å². The number of nitrogens with zero attached hydrogens (tertiary/aromatic N) is 1. The van der Waals surface area contributed by atoms with Gasteiger partial charge in [0, 0.05) is 19.5 Å². The number of hydrogen-bond acceptors (Lipinski definition) is 2. The molecule has 2 unspecified atom stereocenters. The normalized spacial score (nSPS) is 22.8. The summed E-state index contributed by atoms with van der Waals surface area (Å²) in [4.78, 5) is 14.2. The van der Waals surface area contributed by atoms with Crippen LogP contribution in [0.25, 0.3) is 0 Å². The van der Waals surface area contributed by atoms with E-state index in [4.69, 9.17) is 5.73 Å². The van der Waals surface area contributed by atoms with Crippen molar-refractivity contribution in [1.82, 2.24) is 4.90 Å². The number of carbonyl (C=O) groups excluding carboxylic acids is 1. The fourth-order valence-corrected chi connectivity index (χ4v) is 2.73. The van der Waals surface area contributed by atoms with Crippen molar-refractivity contribution in [2.75, 3.05) is 19.6 Å². The highest BCUT2D eigenvalue weighted by molar-refractivity contribution is 5.85. The lowest BCUT2D eigenvalue weighted by molar-refractivity contribution is -0.130. The molecule has 1 heterocycles. The molecule has 2 rings (SSSR count). The molecule has 5 heteroatoms. The summed E-state index contributed by atoms with van der Waals surface area (Å²) >= 11 is 0. The highest BCUT2D eigenvalue weighted by Gasteiger charge is 2.35. The monoisotopic (exact) mass is 314 g/mol. The quantitative estimate of drug-likeness (QED) is 0.928. The number of amides is 1. The number of likely N-dealkylation sites (tertiary alicyclic amines) is 1. The third-order valence-corrected chi connectivity index (χ3v) is 4.30. The fourth-order valence-electron chi connectivity index (χ4n) is 2.73. The molecule has 0 bridgehead atoms. The maximum atomic E-state index is 13.2. The predicted molar refractivity (Wildman–Crippen MR) is 85.0 cm³/mol. The molecule has 1 aromatic carbocycles. The molecule has 0 aromatic heterocycles. The molecule has 2 atom stereocenters. The van der Waals surface area contributed by atoms with Crippen molar-refractivity contribution in [3.63, 3.8) is 0 Å². The lowest BCUT2D eigenvalue weighted by Crippen LogP contribution is -2.34. The van der Waals surface area contributed by atoms with Gasteiger partial charge in [-0.2, -0.15) is 0 Å². The second-order valence-electron chi connectivity index (χ2n) is 6.24. The molecule has 0 saturated carbocycles. The van der Waals surface area contributed by atoms with Crippen LogP contribution in [0.5, 0.6) is 0 Å². The van der Waals surface area contributed by atoms with Crippen molar-refractivity contribution in [3.05, 3.63) is 35.6 Å². The Bertz CT molecular complexity index is 497. The van der Waals surface area contributed by atoms with Gasteiger partial charge in [0.25, 0.3) is 0 Å². The summed E-state index contributed by atoms with van der Waals surface area (Å²) in [6.45, 7) is 6.21. The van der Waals surface area contributed by atoms with E-state index in [-0.39, 0.29) is 35.5 Å². The summed E-state index contributed by atoms with van der Waals surface area (Å²) in [5, 5.41) is 0. The van der Waals surface area contributed by atoms with Gasteiger partial charge in [-0.25, -0.2) is 4.39 Å². The lowest BCUT2D eigenvalue weighted by atomic mass is 9.90. The fraction of sp³-hybridized carbons (Fsp3) is 0.562. The van der Waals surface area contributed by atoms with Crippen LogP contribution in [0.15, 0.2) is 24.3 Å². The maximum Gasteiger partial charge on any atom is 0.223 e. The lowest BCUT2D eigenvalue weighted by Gasteiger charge is -2.23. The van der Waals surface area contributed by atoms with E-state index >= 15 is 0 Å². The summed E-state index contributed by atoms with van der Waals surface area (Å²) in [7, 11) is 0. The van der Waals surface area contributed by atoms with Gasteiger partial charge in [0.05, 0.1) is 0 Å². The van der Waals surface area contributed by atoms with E-state index in [9.17, 15) is 9.18 Å². The first-order valence-electron chi connectivity index (χ1n) is 7.17. The first-order valence-corrected chi connectivity index (χ1v) is 7.17. The Labute approximate surface area is 132 Å². The van der Waals surface area contributed by atoms with Crippen LogP contribution in [0.3, 0.4) is 0 Å². The van der Waals surface area contributed by atoms with E-state index in [1.54, 1.807) is 6.07 Å². The van der Waals surface area contributed by atoms with Crippen molar-refractivity contribution < 1.29 is 9.18 Å². The molecule has 2 N–H and O–H groups in total. The van der Waals surface area contributed by atoms with Crippen molar-refractivity contribution in [2.24, 2.45) is 11.1 Å². The molecular formula is C16H24ClFN2O. The Hall–Kier alpha value is -1.13. The molecule has 0 aliphatic carbocycles.